The van der Waals surface area contributed by atoms with Gasteiger partial charge in [-0.2, -0.15) is 5.26 Å². The van der Waals surface area contributed by atoms with E-state index < -0.39 is 0 Å². The number of rotatable bonds is 2. The predicted molar refractivity (Wildman–Crippen MR) is 72.7 cm³/mol. The Kier molecular flexibility index (Phi) is 3.88. The number of piperidine rings is 1. The van der Waals surface area contributed by atoms with E-state index in [4.69, 9.17) is 10.00 Å². The van der Waals surface area contributed by atoms with Crippen LogP contribution in [0.4, 0.5) is 5.69 Å². The van der Waals surface area contributed by atoms with Crippen LogP contribution >= 0.6 is 0 Å². The van der Waals surface area contributed by atoms with Crippen molar-refractivity contribution in [2.45, 2.75) is 26.4 Å². The molecular formula is C15H20N2O. The fourth-order valence-electron chi connectivity index (χ4n) is 2.55. The maximum absolute atomic E-state index is 8.95. The molecule has 2 rings (SSSR count). The lowest BCUT2D eigenvalue weighted by Gasteiger charge is -2.37. The van der Waals surface area contributed by atoms with Gasteiger partial charge in [-0.25, -0.2) is 0 Å². The van der Waals surface area contributed by atoms with Gasteiger partial charge in [0.2, 0.25) is 0 Å². The van der Waals surface area contributed by atoms with Crippen molar-refractivity contribution >= 4 is 5.69 Å². The molecule has 18 heavy (non-hydrogen) atoms. The third-order valence-electron chi connectivity index (χ3n) is 3.89. The Balaban J connectivity index is 2.17. The summed E-state index contributed by atoms with van der Waals surface area (Å²) in [5.41, 5.74) is 3.00. The van der Waals surface area contributed by atoms with Crippen LogP contribution in [0.25, 0.3) is 0 Å². The van der Waals surface area contributed by atoms with Crippen molar-refractivity contribution in [2.75, 3.05) is 25.1 Å². The van der Waals surface area contributed by atoms with E-state index in [0.717, 1.165) is 30.6 Å². The van der Waals surface area contributed by atoms with Crippen LogP contribution in [-0.2, 0) is 4.74 Å². The largest absolute Gasteiger partial charge is 0.379 e. The Hall–Kier alpha value is -1.53. The van der Waals surface area contributed by atoms with E-state index in [1.54, 1.807) is 7.11 Å². The molecule has 3 heteroatoms. The molecule has 1 aromatic rings. The van der Waals surface area contributed by atoms with Crippen molar-refractivity contribution in [3.63, 3.8) is 0 Å². The normalized spacial score (nSPS) is 23.8. The summed E-state index contributed by atoms with van der Waals surface area (Å²) in [6.45, 7) is 6.23. The Labute approximate surface area is 109 Å². The first-order valence-electron chi connectivity index (χ1n) is 6.44. The number of benzene rings is 1. The van der Waals surface area contributed by atoms with Crippen molar-refractivity contribution in [3.05, 3.63) is 29.3 Å². The highest BCUT2D eigenvalue weighted by molar-refractivity contribution is 5.53. The molecule has 3 nitrogen and oxygen atoms in total. The van der Waals surface area contributed by atoms with Crippen LogP contribution in [0.15, 0.2) is 18.2 Å². The average molecular weight is 244 g/mol. The molecule has 0 aromatic heterocycles. The van der Waals surface area contributed by atoms with Gasteiger partial charge in [-0.3, -0.25) is 0 Å². The first kappa shape index (κ1) is 12.9. The molecule has 0 radical (unpaired) electrons. The van der Waals surface area contributed by atoms with E-state index in [2.05, 4.69) is 24.0 Å². The molecule has 1 heterocycles. The lowest BCUT2D eigenvalue weighted by atomic mass is 9.95. The number of aryl methyl sites for hydroxylation is 1. The van der Waals surface area contributed by atoms with Crippen LogP contribution in [0, 0.1) is 24.2 Å². The lowest BCUT2D eigenvalue weighted by molar-refractivity contribution is 0.0498. The fourth-order valence-corrected chi connectivity index (χ4v) is 2.55. The van der Waals surface area contributed by atoms with Crippen LogP contribution in [0.3, 0.4) is 0 Å². The second kappa shape index (κ2) is 5.41. The molecule has 0 amide bonds. The molecule has 1 saturated heterocycles. The average Bonchev–Trinajstić information content (AvgIpc) is 2.39. The topological polar surface area (TPSA) is 36.3 Å². The van der Waals surface area contributed by atoms with E-state index in [0.29, 0.717) is 12.0 Å². The van der Waals surface area contributed by atoms with Crippen molar-refractivity contribution < 1.29 is 4.74 Å². The summed E-state index contributed by atoms with van der Waals surface area (Å²) in [6.07, 6.45) is 1.45. The molecule has 0 N–H and O–H groups in total. The van der Waals surface area contributed by atoms with Crippen LogP contribution in [-0.4, -0.2) is 26.3 Å². The van der Waals surface area contributed by atoms with Crippen molar-refractivity contribution in [1.82, 2.24) is 0 Å². The maximum atomic E-state index is 8.95. The van der Waals surface area contributed by atoms with E-state index in [9.17, 15) is 0 Å². The number of anilines is 1. The molecule has 1 aliphatic rings. The summed E-state index contributed by atoms with van der Waals surface area (Å²) in [5, 5.41) is 8.95. The van der Waals surface area contributed by atoms with Gasteiger partial charge >= 0.3 is 0 Å². The van der Waals surface area contributed by atoms with Crippen molar-refractivity contribution in [2.24, 2.45) is 5.92 Å². The number of hydrogen-bond acceptors (Lipinski definition) is 3. The summed E-state index contributed by atoms with van der Waals surface area (Å²) in [4.78, 5) is 2.35. The van der Waals surface area contributed by atoms with Crippen LogP contribution in [0.1, 0.15) is 24.5 Å². The molecule has 1 aliphatic heterocycles. The summed E-state index contributed by atoms with van der Waals surface area (Å²) in [5.74, 6) is 0.616. The van der Waals surface area contributed by atoms with E-state index in [1.165, 1.54) is 5.69 Å². The second-order valence-corrected chi connectivity index (χ2v) is 5.10. The zero-order valence-corrected chi connectivity index (χ0v) is 11.3. The Morgan fingerprint density at radius 1 is 1.44 bits per heavy atom. The van der Waals surface area contributed by atoms with E-state index in [-0.39, 0.29) is 0 Å². The van der Waals surface area contributed by atoms with Crippen LogP contribution < -0.4 is 4.90 Å². The second-order valence-electron chi connectivity index (χ2n) is 5.10. The van der Waals surface area contributed by atoms with Gasteiger partial charge < -0.3 is 9.64 Å². The smallest absolute Gasteiger partial charge is 0.0994 e. The Morgan fingerprint density at radius 2 is 2.22 bits per heavy atom. The van der Waals surface area contributed by atoms with Gasteiger partial charge in [0.05, 0.1) is 17.7 Å². The molecule has 1 fully saturated rings. The van der Waals surface area contributed by atoms with Crippen LogP contribution in [0.2, 0.25) is 0 Å². The fraction of sp³-hybridized carbons (Fsp3) is 0.533. The summed E-state index contributed by atoms with van der Waals surface area (Å²) < 4.78 is 5.54. The monoisotopic (exact) mass is 244 g/mol. The molecule has 0 aliphatic carbocycles. The van der Waals surface area contributed by atoms with Gasteiger partial charge in [0.25, 0.3) is 0 Å². The van der Waals surface area contributed by atoms with Crippen molar-refractivity contribution in [1.29, 1.82) is 5.26 Å². The standard InChI is InChI=1S/C15H20N2O/c1-11-6-7-17(10-15(11)18-3)14-5-4-13(9-16)12(2)8-14/h4-5,8,11,15H,6-7,10H2,1-3H3. The molecule has 1 aromatic carbocycles. The van der Waals surface area contributed by atoms with Gasteiger partial charge in [-0.1, -0.05) is 6.92 Å². The van der Waals surface area contributed by atoms with Gasteiger partial charge in [-0.15, -0.1) is 0 Å². The number of ether oxygens (including phenoxy) is 1. The highest BCUT2D eigenvalue weighted by Crippen LogP contribution is 2.26. The van der Waals surface area contributed by atoms with Gasteiger partial charge in [0.1, 0.15) is 0 Å². The summed E-state index contributed by atoms with van der Waals surface area (Å²) >= 11 is 0. The number of methoxy groups -OCH3 is 1. The van der Waals surface area contributed by atoms with E-state index in [1.807, 2.05) is 19.1 Å². The minimum atomic E-state index is 0.301. The maximum Gasteiger partial charge on any atom is 0.0994 e. The minimum absolute atomic E-state index is 0.301. The molecular weight excluding hydrogens is 224 g/mol. The number of nitrogens with zero attached hydrogens (tertiary/aromatic N) is 2. The minimum Gasteiger partial charge on any atom is -0.379 e. The van der Waals surface area contributed by atoms with Crippen LogP contribution in [0.5, 0.6) is 0 Å². The molecule has 0 bridgehead atoms. The van der Waals surface area contributed by atoms with Gasteiger partial charge in [0.15, 0.2) is 0 Å². The third kappa shape index (κ3) is 2.49. The van der Waals surface area contributed by atoms with Gasteiger partial charge in [-0.05, 0) is 43.0 Å². The van der Waals surface area contributed by atoms with Crippen molar-refractivity contribution in [3.8, 4) is 6.07 Å². The zero-order valence-electron chi connectivity index (χ0n) is 11.3. The Morgan fingerprint density at radius 3 is 2.83 bits per heavy atom. The first-order chi connectivity index (χ1) is 8.65. The SMILES string of the molecule is COC1CN(c2ccc(C#N)c(C)c2)CCC1C. The zero-order chi connectivity index (χ0) is 13.1. The Bertz CT molecular complexity index is 464. The molecule has 0 saturated carbocycles. The quantitative estimate of drug-likeness (QED) is 0.802. The van der Waals surface area contributed by atoms with E-state index >= 15 is 0 Å². The number of hydrogen-bond donors (Lipinski definition) is 0. The molecule has 96 valence electrons. The molecule has 2 unspecified atom stereocenters. The summed E-state index contributed by atoms with van der Waals surface area (Å²) in [7, 11) is 1.79. The highest BCUT2D eigenvalue weighted by atomic mass is 16.5. The predicted octanol–water partition coefficient (Wildman–Crippen LogP) is 2.73. The summed E-state index contributed by atoms with van der Waals surface area (Å²) in [6, 6.07) is 8.25. The first-order valence-corrected chi connectivity index (χ1v) is 6.44. The van der Waals surface area contributed by atoms with Gasteiger partial charge in [0, 0.05) is 25.9 Å². The highest BCUT2D eigenvalue weighted by Gasteiger charge is 2.26. The lowest BCUT2D eigenvalue weighted by Crippen LogP contribution is -2.43. The number of nitriles is 1. The molecule has 0 spiro atoms. The third-order valence-corrected chi connectivity index (χ3v) is 3.89. The molecule has 2 atom stereocenters.